The third kappa shape index (κ3) is 5.21. The van der Waals surface area contributed by atoms with Gasteiger partial charge in [0.2, 0.25) is 0 Å². The fourth-order valence-electron chi connectivity index (χ4n) is 3.80. The van der Waals surface area contributed by atoms with Crippen LogP contribution in [0.5, 0.6) is 0 Å². The van der Waals surface area contributed by atoms with E-state index >= 15 is 0 Å². The Kier molecular flexibility index (Phi) is 9.33. The maximum atomic E-state index is 5.31. The Morgan fingerprint density at radius 2 is 1.62 bits per heavy atom. The molecule has 1 aromatic rings. The number of hydrogen-bond donors (Lipinski definition) is 0. The number of nitrogens with zero attached hydrogens (tertiary/aromatic N) is 1. The normalized spacial score (nSPS) is 18.8. The first-order valence-corrected chi connectivity index (χ1v) is 9.53. The van der Waals surface area contributed by atoms with Crippen molar-refractivity contribution < 1.29 is 4.84 Å². The minimum absolute atomic E-state index is 0. The Morgan fingerprint density at radius 3 is 2.08 bits per heavy atom. The van der Waals surface area contributed by atoms with Crippen molar-refractivity contribution in [2.75, 3.05) is 20.2 Å². The van der Waals surface area contributed by atoms with E-state index in [2.05, 4.69) is 50.1 Å². The van der Waals surface area contributed by atoms with Gasteiger partial charge in [-0.2, -0.15) is 5.06 Å². The summed E-state index contributed by atoms with van der Waals surface area (Å²) in [5.74, 6) is 0.889. The van der Waals surface area contributed by atoms with E-state index < -0.39 is 0 Å². The molecule has 3 rings (SSSR count). The minimum Gasteiger partial charge on any atom is -0.302 e. The van der Waals surface area contributed by atoms with E-state index in [1.54, 1.807) is 12.7 Å². The molecule has 1 aliphatic carbocycles. The predicted molar refractivity (Wildman–Crippen MR) is 106 cm³/mol. The Balaban J connectivity index is 0.000000312. The Morgan fingerprint density at radius 1 is 1.04 bits per heavy atom. The van der Waals surface area contributed by atoms with Gasteiger partial charge in [0.05, 0.1) is 7.11 Å². The molecule has 0 amide bonds. The Hall–Kier alpha value is -0.570. The smallest absolute Gasteiger partial charge is 0.0575 e. The van der Waals surface area contributed by atoms with Crippen LogP contribution in [0, 0.1) is 12.8 Å². The fourth-order valence-corrected chi connectivity index (χ4v) is 3.80. The van der Waals surface area contributed by atoms with Crippen LogP contribution in [0.3, 0.4) is 0 Å². The second-order valence-corrected chi connectivity index (χ2v) is 7.29. The molecule has 0 spiro atoms. The van der Waals surface area contributed by atoms with Gasteiger partial charge < -0.3 is 4.84 Å². The molecule has 1 saturated heterocycles. The predicted octanol–water partition coefficient (Wildman–Crippen LogP) is 5.92. The molecule has 3 heteroatoms. The quantitative estimate of drug-likeness (QED) is 0.564. The van der Waals surface area contributed by atoms with Gasteiger partial charge in [0.1, 0.15) is 0 Å². The van der Waals surface area contributed by atoms with Gasteiger partial charge in [-0.3, -0.25) is 0 Å². The number of hydroxylamine groups is 2. The molecule has 2 aliphatic rings. The lowest BCUT2D eigenvalue weighted by atomic mass is 9.69. The molecule has 2 nitrogen and oxygen atoms in total. The number of halogens is 1. The van der Waals surface area contributed by atoms with Crippen LogP contribution in [0.1, 0.15) is 69.9 Å². The van der Waals surface area contributed by atoms with E-state index in [1.807, 2.05) is 0 Å². The van der Waals surface area contributed by atoms with Crippen LogP contribution in [0.15, 0.2) is 24.3 Å². The Bertz CT molecular complexity index is 463. The zero-order valence-electron chi connectivity index (χ0n) is 16.0. The molecule has 1 aromatic carbocycles. The van der Waals surface area contributed by atoms with Crippen molar-refractivity contribution in [1.82, 2.24) is 5.06 Å². The van der Waals surface area contributed by atoms with Crippen molar-refractivity contribution in [3.63, 3.8) is 0 Å². The second-order valence-electron chi connectivity index (χ2n) is 7.29. The molecule has 24 heavy (non-hydrogen) atoms. The van der Waals surface area contributed by atoms with E-state index in [4.69, 9.17) is 4.84 Å². The minimum atomic E-state index is 0. The molecule has 0 radical (unpaired) electrons. The zero-order chi connectivity index (χ0) is 16.7. The van der Waals surface area contributed by atoms with Crippen LogP contribution in [0.4, 0.5) is 0 Å². The molecule has 2 fully saturated rings. The number of benzene rings is 1. The summed E-state index contributed by atoms with van der Waals surface area (Å²) in [5.41, 5.74) is 3.37. The fraction of sp³-hybridized carbons (Fsp3) is 0.714. The first-order chi connectivity index (χ1) is 11.2. The highest BCUT2D eigenvalue weighted by atomic mass is 35.5. The van der Waals surface area contributed by atoms with Crippen molar-refractivity contribution in [1.29, 1.82) is 0 Å². The van der Waals surface area contributed by atoms with E-state index in [9.17, 15) is 0 Å². The van der Waals surface area contributed by atoms with Crippen molar-refractivity contribution in [3.8, 4) is 0 Å². The molecule has 138 valence electrons. The van der Waals surface area contributed by atoms with Gasteiger partial charge >= 0.3 is 0 Å². The molecule has 0 unspecified atom stereocenters. The van der Waals surface area contributed by atoms with Crippen molar-refractivity contribution in [3.05, 3.63) is 35.4 Å². The number of hydrogen-bond acceptors (Lipinski definition) is 2. The van der Waals surface area contributed by atoms with Gasteiger partial charge in [0.25, 0.3) is 0 Å². The first-order valence-electron chi connectivity index (χ1n) is 9.53. The molecule has 1 aliphatic heterocycles. The SMILES string of the molecule is CCCCCCC.CON1CC(c2ccccc2C)(C2CC2)C1.Cl. The van der Waals surface area contributed by atoms with E-state index in [0.717, 1.165) is 19.0 Å². The average molecular weight is 354 g/mol. The standard InChI is InChI=1S/C14H19NO.C7H16.ClH/c1-11-5-3-4-6-13(11)14(12-7-8-12)9-15(10-14)16-2;1-3-5-7-6-4-2;/h3-6,12H,7-10H2,1-2H3;3-7H2,1-2H3;1H. The summed E-state index contributed by atoms with van der Waals surface area (Å²) >= 11 is 0. The first kappa shape index (κ1) is 21.5. The van der Waals surface area contributed by atoms with E-state index in [1.165, 1.54) is 50.5 Å². The lowest BCUT2D eigenvalue weighted by Gasteiger charge is -2.50. The van der Waals surface area contributed by atoms with Crippen LogP contribution < -0.4 is 0 Å². The maximum Gasteiger partial charge on any atom is 0.0575 e. The van der Waals surface area contributed by atoms with Crippen LogP contribution >= 0.6 is 12.4 Å². The summed E-state index contributed by atoms with van der Waals surface area (Å²) in [6, 6.07) is 8.84. The molecule has 0 atom stereocenters. The van der Waals surface area contributed by atoms with Gasteiger partial charge in [-0.15, -0.1) is 12.4 Å². The Labute approximate surface area is 155 Å². The highest BCUT2D eigenvalue weighted by Crippen LogP contribution is 2.53. The molecule has 0 N–H and O–H groups in total. The lowest BCUT2D eigenvalue weighted by Crippen LogP contribution is -2.60. The number of aryl methyl sites for hydroxylation is 1. The van der Waals surface area contributed by atoms with Crippen LogP contribution in [-0.2, 0) is 10.3 Å². The largest absolute Gasteiger partial charge is 0.302 e. The van der Waals surface area contributed by atoms with Crippen molar-refractivity contribution >= 4 is 12.4 Å². The van der Waals surface area contributed by atoms with Gasteiger partial charge in [0.15, 0.2) is 0 Å². The maximum absolute atomic E-state index is 5.31. The molecule has 1 heterocycles. The summed E-state index contributed by atoms with van der Waals surface area (Å²) in [4.78, 5) is 5.31. The van der Waals surface area contributed by atoms with Crippen LogP contribution in [0.25, 0.3) is 0 Å². The highest BCUT2D eigenvalue weighted by molar-refractivity contribution is 5.85. The van der Waals surface area contributed by atoms with Gasteiger partial charge in [-0.1, -0.05) is 70.2 Å². The van der Waals surface area contributed by atoms with Gasteiger partial charge in [0, 0.05) is 18.5 Å². The monoisotopic (exact) mass is 353 g/mol. The van der Waals surface area contributed by atoms with Crippen LogP contribution in [-0.4, -0.2) is 25.3 Å². The molecular weight excluding hydrogens is 318 g/mol. The van der Waals surface area contributed by atoms with Crippen molar-refractivity contribution in [2.24, 2.45) is 5.92 Å². The summed E-state index contributed by atoms with van der Waals surface area (Å²) in [5, 5.41) is 2.07. The summed E-state index contributed by atoms with van der Waals surface area (Å²) in [6.45, 7) is 8.86. The van der Waals surface area contributed by atoms with Gasteiger partial charge in [-0.05, 0) is 36.8 Å². The van der Waals surface area contributed by atoms with Crippen LogP contribution in [0.2, 0.25) is 0 Å². The average Bonchev–Trinajstić information content (AvgIpc) is 3.35. The second kappa shape index (κ2) is 10.4. The zero-order valence-corrected chi connectivity index (χ0v) is 16.8. The third-order valence-corrected chi connectivity index (χ3v) is 5.42. The molecule has 1 saturated carbocycles. The summed E-state index contributed by atoms with van der Waals surface area (Å²) in [7, 11) is 1.77. The summed E-state index contributed by atoms with van der Waals surface area (Å²) < 4.78 is 0. The van der Waals surface area contributed by atoms with E-state index in [0.29, 0.717) is 5.41 Å². The highest BCUT2D eigenvalue weighted by Gasteiger charge is 2.54. The van der Waals surface area contributed by atoms with Gasteiger partial charge in [-0.25, -0.2) is 0 Å². The lowest BCUT2D eigenvalue weighted by molar-refractivity contribution is -0.213. The number of unbranched alkanes of at least 4 members (excludes halogenated alkanes) is 4. The molecular formula is C21H36ClNO. The van der Waals surface area contributed by atoms with Crippen molar-refractivity contribution in [2.45, 2.75) is 71.1 Å². The summed E-state index contributed by atoms with van der Waals surface area (Å²) in [6.07, 6.45) is 9.80. The molecule has 0 bridgehead atoms. The topological polar surface area (TPSA) is 12.5 Å². The molecule has 0 aromatic heterocycles. The van der Waals surface area contributed by atoms with E-state index in [-0.39, 0.29) is 12.4 Å². The number of rotatable bonds is 7. The third-order valence-electron chi connectivity index (χ3n) is 5.42.